The molecule has 1 saturated carbocycles. The molecule has 0 bridgehead atoms. The lowest BCUT2D eigenvalue weighted by atomic mass is 9.78. The smallest absolute Gasteiger partial charge is 0.119 e. The van der Waals surface area contributed by atoms with Crippen LogP contribution in [0.4, 0.5) is 0 Å². The number of hydrogen-bond acceptors (Lipinski definition) is 1. The quantitative estimate of drug-likeness (QED) is 0.428. The summed E-state index contributed by atoms with van der Waals surface area (Å²) in [5, 5.41) is 0. The Labute approximate surface area is 177 Å². The number of aryl methyl sites for hydroxylation is 1. The molecule has 0 N–H and O–H groups in total. The predicted octanol–water partition coefficient (Wildman–Crippen LogP) is 7.41. The first-order chi connectivity index (χ1) is 14.3. The molecule has 1 aliphatic rings. The Hall–Kier alpha value is -2.20. The number of rotatable bonds is 8. The summed E-state index contributed by atoms with van der Waals surface area (Å²) in [5.74, 6) is 9.40. The van der Waals surface area contributed by atoms with Gasteiger partial charge in [0.15, 0.2) is 0 Å². The van der Waals surface area contributed by atoms with Crippen LogP contribution in [0.1, 0.15) is 81.9 Å². The largest absolute Gasteiger partial charge is 0.494 e. The Kier molecular flexibility index (Phi) is 8.69. The first kappa shape index (κ1) is 21.5. The van der Waals surface area contributed by atoms with Gasteiger partial charge < -0.3 is 4.74 Å². The van der Waals surface area contributed by atoms with E-state index < -0.39 is 0 Å². The molecule has 1 fully saturated rings. The second-order valence-corrected chi connectivity index (χ2v) is 8.53. The molecule has 2 aromatic carbocycles. The van der Waals surface area contributed by atoms with Crippen LogP contribution in [0.2, 0.25) is 0 Å². The minimum Gasteiger partial charge on any atom is -0.494 e. The fraction of sp³-hybridized carbons (Fsp3) is 0.500. The average Bonchev–Trinajstić information content (AvgIpc) is 2.77. The maximum atomic E-state index is 5.62. The Morgan fingerprint density at radius 1 is 0.724 bits per heavy atom. The topological polar surface area (TPSA) is 9.23 Å². The van der Waals surface area contributed by atoms with Gasteiger partial charge in [-0.1, -0.05) is 76.3 Å². The number of ether oxygens (including phenoxy) is 1. The predicted molar refractivity (Wildman–Crippen MR) is 123 cm³/mol. The van der Waals surface area contributed by atoms with E-state index in [0.717, 1.165) is 41.7 Å². The summed E-state index contributed by atoms with van der Waals surface area (Å²) < 4.78 is 5.62. The highest BCUT2D eigenvalue weighted by atomic mass is 16.5. The Balaban J connectivity index is 1.45. The summed E-state index contributed by atoms with van der Waals surface area (Å²) in [4.78, 5) is 0. The second-order valence-electron chi connectivity index (χ2n) is 8.53. The highest BCUT2D eigenvalue weighted by molar-refractivity contribution is 5.44. The Bertz CT molecular complexity index is 768. The third-order valence-electron chi connectivity index (χ3n) is 6.14. The lowest BCUT2D eigenvalue weighted by Gasteiger charge is -2.28. The van der Waals surface area contributed by atoms with E-state index in [-0.39, 0.29) is 0 Å². The molecule has 0 spiro atoms. The molecule has 1 nitrogen and oxygen atoms in total. The zero-order chi connectivity index (χ0) is 20.3. The van der Waals surface area contributed by atoms with E-state index >= 15 is 0 Å². The third kappa shape index (κ3) is 7.28. The van der Waals surface area contributed by atoms with Crippen molar-refractivity contribution < 1.29 is 4.74 Å². The zero-order valence-electron chi connectivity index (χ0n) is 18.3. The van der Waals surface area contributed by atoms with Crippen molar-refractivity contribution >= 4 is 0 Å². The van der Waals surface area contributed by atoms with Crippen molar-refractivity contribution in [2.45, 2.75) is 71.6 Å². The van der Waals surface area contributed by atoms with Gasteiger partial charge in [-0.2, -0.15) is 0 Å². The standard InChI is InChI=1S/C28H36O/c1-3-5-23-6-8-24(9-7-23)10-11-25-12-14-26(15-13-25)16-17-27-18-20-28(21-19-27)29-22-4-2/h12-15,18-21,23-24H,3-11,22H2,1-2H3/t23-,24-. The van der Waals surface area contributed by atoms with Crippen molar-refractivity contribution in [3.05, 3.63) is 65.2 Å². The van der Waals surface area contributed by atoms with Gasteiger partial charge >= 0.3 is 0 Å². The summed E-state index contributed by atoms with van der Waals surface area (Å²) >= 11 is 0. The summed E-state index contributed by atoms with van der Waals surface area (Å²) in [6.07, 6.45) is 12.2. The van der Waals surface area contributed by atoms with E-state index in [2.05, 4.69) is 50.0 Å². The van der Waals surface area contributed by atoms with E-state index in [1.54, 1.807) is 0 Å². The van der Waals surface area contributed by atoms with Crippen molar-refractivity contribution in [3.63, 3.8) is 0 Å². The van der Waals surface area contributed by atoms with Gasteiger partial charge in [0.1, 0.15) is 5.75 Å². The Morgan fingerprint density at radius 3 is 1.83 bits per heavy atom. The third-order valence-corrected chi connectivity index (χ3v) is 6.14. The van der Waals surface area contributed by atoms with Crippen LogP contribution in [0.3, 0.4) is 0 Å². The minimum absolute atomic E-state index is 0.761. The van der Waals surface area contributed by atoms with Gasteiger partial charge in [0, 0.05) is 11.1 Å². The van der Waals surface area contributed by atoms with E-state index in [1.165, 1.54) is 56.9 Å². The fourth-order valence-corrected chi connectivity index (χ4v) is 4.34. The van der Waals surface area contributed by atoms with E-state index in [9.17, 15) is 0 Å². The molecule has 3 rings (SSSR count). The van der Waals surface area contributed by atoms with Crippen molar-refractivity contribution in [1.29, 1.82) is 0 Å². The lowest BCUT2D eigenvalue weighted by Crippen LogP contribution is -2.15. The van der Waals surface area contributed by atoms with Crippen LogP contribution in [0.5, 0.6) is 5.75 Å². The van der Waals surface area contributed by atoms with Gasteiger partial charge in [-0.25, -0.2) is 0 Å². The van der Waals surface area contributed by atoms with Gasteiger partial charge in [-0.3, -0.25) is 0 Å². The summed E-state index contributed by atoms with van der Waals surface area (Å²) in [7, 11) is 0. The second kappa shape index (κ2) is 11.7. The van der Waals surface area contributed by atoms with E-state index in [1.807, 2.05) is 24.3 Å². The summed E-state index contributed by atoms with van der Waals surface area (Å²) in [5.41, 5.74) is 3.56. The molecule has 1 aliphatic carbocycles. The normalized spacial score (nSPS) is 18.7. The lowest BCUT2D eigenvalue weighted by molar-refractivity contribution is 0.252. The van der Waals surface area contributed by atoms with Crippen molar-refractivity contribution in [1.82, 2.24) is 0 Å². The van der Waals surface area contributed by atoms with Gasteiger partial charge in [0.25, 0.3) is 0 Å². The van der Waals surface area contributed by atoms with Gasteiger partial charge in [-0.05, 0) is 73.1 Å². The van der Waals surface area contributed by atoms with E-state index in [4.69, 9.17) is 4.74 Å². The maximum absolute atomic E-state index is 5.62. The highest BCUT2D eigenvalue weighted by Crippen LogP contribution is 2.33. The minimum atomic E-state index is 0.761. The summed E-state index contributed by atoms with van der Waals surface area (Å²) in [6, 6.07) is 16.9. The molecule has 0 aliphatic heterocycles. The fourth-order valence-electron chi connectivity index (χ4n) is 4.34. The van der Waals surface area contributed by atoms with E-state index in [0.29, 0.717) is 0 Å². The monoisotopic (exact) mass is 388 g/mol. The average molecular weight is 389 g/mol. The molecule has 154 valence electrons. The van der Waals surface area contributed by atoms with Crippen molar-refractivity contribution in [3.8, 4) is 17.6 Å². The SMILES string of the molecule is CCCOc1ccc(C#Cc2ccc(CC[C@H]3CC[C@H](CCC)CC3)cc2)cc1. The molecule has 1 heteroatoms. The molecule has 0 saturated heterocycles. The Morgan fingerprint density at radius 2 is 1.28 bits per heavy atom. The maximum Gasteiger partial charge on any atom is 0.119 e. The van der Waals surface area contributed by atoms with Gasteiger partial charge in [-0.15, -0.1) is 0 Å². The first-order valence-corrected chi connectivity index (χ1v) is 11.6. The molecule has 0 radical (unpaired) electrons. The molecule has 0 amide bonds. The summed E-state index contributed by atoms with van der Waals surface area (Å²) in [6.45, 7) is 5.19. The van der Waals surface area contributed by atoms with Crippen LogP contribution in [0.25, 0.3) is 0 Å². The number of benzene rings is 2. The number of hydrogen-bond donors (Lipinski definition) is 0. The van der Waals surface area contributed by atoms with Gasteiger partial charge in [0.05, 0.1) is 6.61 Å². The van der Waals surface area contributed by atoms with Crippen LogP contribution in [-0.2, 0) is 6.42 Å². The molecule has 0 heterocycles. The molecule has 29 heavy (non-hydrogen) atoms. The highest BCUT2D eigenvalue weighted by Gasteiger charge is 2.20. The van der Waals surface area contributed by atoms with Crippen LogP contribution < -0.4 is 4.74 Å². The van der Waals surface area contributed by atoms with Crippen LogP contribution >= 0.6 is 0 Å². The molecule has 0 atom stereocenters. The van der Waals surface area contributed by atoms with Gasteiger partial charge in [0.2, 0.25) is 0 Å². The molecule has 0 unspecified atom stereocenters. The van der Waals surface area contributed by atoms with Crippen LogP contribution in [0.15, 0.2) is 48.5 Å². The zero-order valence-corrected chi connectivity index (χ0v) is 18.3. The first-order valence-electron chi connectivity index (χ1n) is 11.6. The molecule has 2 aromatic rings. The van der Waals surface area contributed by atoms with Crippen LogP contribution in [0, 0.1) is 23.7 Å². The van der Waals surface area contributed by atoms with Crippen molar-refractivity contribution in [2.75, 3.05) is 6.61 Å². The molecular weight excluding hydrogens is 352 g/mol. The van der Waals surface area contributed by atoms with Crippen molar-refractivity contribution in [2.24, 2.45) is 11.8 Å². The molecular formula is C28H36O. The van der Waals surface area contributed by atoms with Crippen LogP contribution in [-0.4, -0.2) is 6.61 Å². The molecule has 0 aromatic heterocycles.